The van der Waals surface area contributed by atoms with Gasteiger partial charge in [0.05, 0.1) is 17.6 Å². The van der Waals surface area contributed by atoms with E-state index in [0.29, 0.717) is 29.8 Å². The predicted octanol–water partition coefficient (Wildman–Crippen LogP) is 4.03. The van der Waals surface area contributed by atoms with Gasteiger partial charge >= 0.3 is 5.97 Å². The molecule has 1 saturated carbocycles. The smallest absolute Gasteiger partial charge is 0.328 e. The van der Waals surface area contributed by atoms with Crippen LogP contribution in [0.3, 0.4) is 0 Å². The monoisotopic (exact) mass is 596 g/mol. The molecule has 226 valence electrons. The molecule has 2 unspecified atom stereocenters. The van der Waals surface area contributed by atoms with Crippen LogP contribution in [-0.2, 0) is 35.1 Å². The number of benzene rings is 1. The highest BCUT2D eigenvalue weighted by molar-refractivity contribution is 8.14. The number of rotatable bonds is 12. The molecule has 3 amide bonds. The summed E-state index contributed by atoms with van der Waals surface area (Å²) in [5.74, 6) is -1.67. The van der Waals surface area contributed by atoms with E-state index in [-0.39, 0.29) is 35.9 Å². The normalized spacial score (nSPS) is 15.4. The van der Waals surface area contributed by atoms with E-state index in [1.54, 1.807) is 19.2 Å². The van der Waals surface area contributed by atoms with Crippen molar-refractivity contribution in [1.82, 2.24) is 15.6 Å². The maximum Gasteiger partial charge on any atom is 0.328 e. The van der Waals surface area contributed by atoms with Gasteiger partial charge in [0.1, 0.15) is 11.6 Å². The van der Waals surface area contributed by atoms with Crippen LogP contribution in [-0.4, -0.2) is 57.2 Å². The van der Waals surface area contributed by atoms with Crippen molar-refractivity contribution in [2.45, 2.75) is 83.6 Å². The largest absolute Gasteiger partial charge is 0.464 e. The van der Waals surface area contributed by atoms with Gasteiger partial charge in [-0.3, -0.25) is 24.2 Å². The quantitative estimate of drug-likeness (QED) is 0.312. The Hall–Kier alpha value is -3.73. The van der Waals surface area contributed by atoms with Crippen LogP contribution in [0, 0.1) is 5.92 Å². The summed E-state index contributed by atoms with van der Waals surface area (Å²) in [6.45, 7) is 8.41. The highest BCUT2D eigenvalue weighted by Crippen LogP contribution is 2.32. The maximum absolute atomic E-state index is 13.7. The number of carbonyl (C=O) groups is 5. The van der Waals surface area contributed by atoms with Gasteiger partial charge in [0, 0.05) is 37.7 Å². The zero-order chi connectivity index (χ0) is 30.9. The molecule has 1 aliphatic carbocycles. The average Bonchev–Trinajstić information content (AvgIpc) is 3.41. The minimum Gasteiger partial charge on any atom is -0.464 e. The Morgan fingerprint density at radius 1 is 1.05 bits per heavy atom. The molecule has 1 aromatic heterocycles. The molecule has 0 radical (unpaired) electrons. The Bertz CT molecular complexity index is 1290. The van der Waals surface area contributed by atoms with Gasteiger partial charge in [0.15, 0.2) is 5.12 Å². The van der Waals surface area contributed by atoms with Crippen molar-refractivity contribution in [1.29, 1.82) is 0 Å². The molecule has 42 heavy (non-hydrogen) atoms. The van der Waals surface area contributed by atoms with Crippen LogP contribution >= 0.6 is 11.8 Å². The zero-order valence-corrected chi connectivity index (χ0v) is 25.6. The van der Waals surface area contributed by atoms with Crippen molar-refractivity contribution in [3.8, 4) is 11.3 Å². The first-order valence-corrected chi connectivity index (χ1v) is 15.1. The number of hydrogen-bond donors (Lipinski definition) is 3. The van der Waals surface area contributed by atoms with Crippen molar-refractivity contribution < 1.29 is 28.7 Å². The topological polar surface area (TPSA) is 144 Å². The van der Waals surface area contributed by atoms with Gasteiger partial charge in [0.2, 0.25) is 17.7 Å². The van der Waals surface area contributed by atoms with Crippen molar-refractivity contribution >= 4 is 46.3 Å². The molecule has 2 atom stereocenters. The summed E-state index contributed by atoms with van der Waals surface area (Å²) in [4.78, 5) is 67.6. The molecule has 1 fully saturated rings. The molecule has 11 heteroatoms. The first-order chi connectivity index (χ1) is 19.9. The Morgan fingerprint density at radius 2 is 1.76 bits per heavy atom. The molecule has 0 saturated heterocycles. The molecule has 1 aliphatic rings. The number of thioether (sulfide) groups is 1. The molecule has 1 aromatic carbocycles. The number of carbonyl (C=O) groups excluding carboxylic acids is 5. The third kappa shape index (κ3) is 8.88. The van der Waals surface area contributed by atoms with Crippen LogP contribution in [0.1, 0.15) is 65.9 Å². The summed E-state index contributed by atoms with van der Waals surface area (Å²) in [5, 5.41) is 7.75. The number of hydrogen-bond acceptors (Lipinski definition) is 8. The number of nitrogens with one attached hydrogen (secondary N) is 3. The fourth-order valence-corrected chi connectivity index (χ4v) is 5.80. The number of ether oxygens (including phenoxy) is 1. The molecular weight excluding hydrogens is 556 g/mol. The van der Waals surface area contributed by atoms with Gasteiger partial charge in [-0.25, -0.2) is 4.79 Å². The van der Waals surface area contributed by atoms with Gasteiger partial charge in [-0.15, -0.1) is 0 Å². The minimum atomic E-state index is -1.17. The van der Waals surface area contributed by atoms with E-state index in [2.05, 4.69) is 20.9 Å². The lowest BCUT2D eigenvalue weighted by molar-refractivity contribution is -0.148. The van der Waals surface area contributed by atoms with Gasteiger partial charge in [-0.05, 0) is 49.4 Å². The third-order valence-corrected chi connectivity index (χ3v) is 8.38. The van der Waals surface area contributed by atoms with Crippen molar-refractivity contribution in [2.75, 3.05) is 11.9 Å². The second-order valence-electron chi connectivity index (χ2n) is 10.8. The highest BCUT2D eigenvalue weighted by Gasteiger charge is 2.45. The Morgan fingerprint density at radius 3 is 2.33 bits per heavy atom. The second kappa shape index (κ2) is 14.9. The van der Waals surface area contributed by atoms with E-state index < -0.39 is 28.7 Å². The number of anilines is 1. The summed E-state index contributed by atoms with van der Waals surface area (Å²) in [6.07, 6.45) is 4.14. The lowest BCUT2D eigenvalue weighted by Crippen LogP contribution is -2.61. The van der Waals surface area contributed by atoms with Gasteiger partial charge < -0.3 is 20.7 Å². The third-order valence-electron chi connectivity index (χ3n) is 7.03. The molecule has 2 aromatic rings. The predicted molar refractivity (Wildman–Crippen MR) is 162 cm³/mol. The summed E-state index contributed by atoms with van der Waals surface area (Å²) in [6, 6.07) is 9.95. The number of aromatic nitrogens is 1. The SMILES string of the molecule is CCOC(=O)C(Cc1ccc(-c2cccc(NC(C)=O)c2)nc1)NC(=O)C1(NC(=O)C(SC(C)=O)C(C)C)CCCC1. The Labute approximate surface area is 251 Å². The van der Waals surface area contributed by atoms with E-state index in [0.717, 1.165) is 30.2 Å². The van der Waals surface area contributed by atoms with Gasteiger partial charge in [-0.1, -0.05) is 56.7 Å². The Kier molecular flexibility index (Phi) is 11.7. The van der Waals surface area contributed by atoms with E-state index in [4.69, 9.17) is 4.74 Å². The fourth-order valence-electron chi connectivity index (χ4n) is 5.01. The zero-order valence-electron chi connectivity index (χ0n) is 24.8. The number of nitrogens with zero attached hydrogens (tertiary/aromatic N) is 1. The standard InChI is InChI=1S/C31H40N4O6S/c1-6-41-29(39)26(16-22-12-13-25(32-18-22)23-10-9-11-24(17-23)33-20(4)36)34-30(40)31(14-7-8-15-31)35-28(38)27(19(2)3)42-21(5)37/h9-13,17-19,26-27H,6-8,14-16H2,1-5H3,(H,33,36)(H,34,40)(H,35,38). The highest BCUT2D eigenvalue weighted by atomic mass is 32.2. The number of amides is 3. The molecule has 0 aliphatic heterocycles. The van der Waals surface area contributed by atoms with Gasteiger partial charge in [0.25, 0.3) is 0 Å². The molecule has 10 nitrogen and oxygen atoms in total. The van der Waals surface area contributed by atoms with Crippen molar-refractivity contribution in [3.05, 3.63) is 48.2 Å². The molecule has 0 spiro atoms. The second-order valence-corrected chi connectivity index (χ2v) is 12.2. The lowest BCUT2D eigenvalue weighted by Gasteiger charge is -2.33. The molecule has 1 heterocycles. The molecule has 3 rings (SSSR count). The average molecular weight is 597 g/mol. The van der Waals surface area contributed by atoms with E-state index in [9.17, 15) is 24.0 Å². The van der Waals surface area contributed by atoms with E-state index in [1.807, 2.05) is 44.2 Å². The summed E-state index contributed by atoms with van der Waals surface area (Å²) in [5.41, 5.74) is 1.68. The number of pyridine rings is 1. The Balaban J connectivity index is 1.78. The summed E-state index contributed by atoms with van der Waals surface area (Å²) < 4.78 is 5.27. The molecule has 0 bridgehead atoms. The van der Waals surface area contributed by atoms with E-state index >= 15 is 0 Å². The fraction of sp³-hybridized carbons (Fsp3) is 0.484. The van der Waals surface area contributed by atoms with Crippen LogP contribution in [0.4, 0.5) is 5.69 Å². The van der Waals surface area contributed by atoms with Crippen LogP contribution < -0.4 is 16.0 Å². The minimum absolute atomic E-state index is 0.115. The molecule has 3 N–H and O–H groups in total. The lowest BCUT2D eigenvalue weighted by atomic mass is 9.94. The summed E-state index contributed by atoms with van der Waals surface area (Å²) in [7, 11) is 0. The van der Waals surface area contributed by atoms with E-state index in [1.165, 1.54) is 13.8 Å². The maximum atomic E-state index is 13.7. The van der Waals surface area contributed by atoms with Crippen LogP contribution in [0.25, 0.3) is 11.3 Å². The van der Waals surface area contributed by atoms with Crippen LogP contribution in [0.5, 0.6) is 0 Å². The molecular formula is C31H40N4O6S. The number of esters is 1. The van der Waals surface area contributed by atoms with Gasteiger partial charge in [-0.2, -0.15) is 0 Å². The summed E-state index contributed by atoms with van der Waals surface area (Å²) >= 11 is 0.957. The van der Waals surface area contributed by atoms with Crippen LogP contribution in [0.15, 0.2) is 42.6 Å². The first-order valence-electron chi connectivity index (χ1n) is 14.2. The van der Waals surface area contributed by atoms with Crippen molar-refractivity contribution in [3.63, 3.8) is 0 Å². The first kappa shape index (κ1) is 32.8. The van der Waals surface area contributed by atoms with Crippen molar-refractivity contribution in [2.24, 2.45) is 5.92 Å². The van der Waals surface area contributed by atoms with Crippen LogP contribution in [0.2, 0.25) is 0 Å².